The molecule has 0 bridgehead atoms. The highest BCUT2D eigenvalue weighted by Crippen LogP contribution is 2.24. The molecule has 4 heteroatoms. The second-order valence-corrected chi connectivity index (χ2v) is 5.33. The SMILES string of the molecule is CCOC(=O)/C=C/CN1CCC(C(C)C)CCC1=O. The summed E-state index contributed by atoms with van der Waals surface area (Å²) < 4.78 is 4.80. The van der Waals surface area contributed by atoms with Gasteiger partial charge in [0.15, 0.2) is 0 Å². The van der Waals surface area contributed by atoms with Crippen LogP contribution in [0.1, 0.15) is 40.0 Å². The Morgan fingerprint density at radius 3 is 2.84 bits per heavy atom. The summed E-state index contributed by atoms with van der Waals surface area (Å²) in [5.41, 5.74) is 0. The Kier molecular flexibility index (Phi) is 6.60. The monoisotopic (exact) mass is 267 g/mol. The highest BCUT2D eigenvalue weighted by Gasteiger charge is 2.23. The van der Waals surface area contributed by atoms with Crippen LogP contribution in [0.15, 0.2) is 12.2 Å². The molecule has 0 aliphatic carbocycles. The average molecular weight is 267 g/mol. The lowest BCUT2D eigenvalue weighted by Gasteiger charge is -2.20. The average Bonchev–Trinajstić information content (AvgIpc) is 2.53. The molecule has 0 N–H and O–H groups in total. The Morgan fingerprint density at radius 1 is 1.47 bits per heavy atom. The van der Waals surface area contributed by atoms with E-state index in [0.29, 0.717) is 31.4 Å². The molecule has 0 radical (unpaired) electrons. The minimum absolute atomic E-state index is 0.191. The quantitative estimate of drug-likeness (QED) is 0.567. The van der Waals surface area contributed by atoms with E-state index >= 15 is 0 Å². The first-order chi connectivity index (χ1) is 9.04. The number of esters is 1. The van der Waals surface area contributed by atoms with E-state index in [1.54, 1.807) is 13.0 Å². The van der Waals surface area contributed by atoms with Crippen molar-refractivity contribution in [2.75, 3.05) is 19.7 Å². The summed E-state index contributed by atoms with van der Waals surface area (Å²) in [7, 11) is 0. The van der Waals surface area contributed by atoms with E-state index in [0.717, 1.165) is 19.4 Å². The van der Waals surface area contributed by atoms with Gasteiger partial charge in [0.1, 0.15) is 0 Å². The summed E-state index contributed by atoms with van der Waals surface area (Å²) in [6.45, 7) is 7.87. The van der Waals surface area contributed by atoms with Crippen LogP contribution in [0.5, 0.6) is 0 Å². The molecule has 0 aromatic heterocycles. The van der Waals surface area contributed by atoms with Crippen LogP contribution in [-0.4, -0.2) is 36.5 Å². The number of rotatable bonds is 5. The first-order valence-corrected chi connectivity index (χ1v) is 7.15. The van der Waals surface area contributed by atoms with Gasteiger partial charge in [-0.1, -0.05) is 19.9 Å². The van der Waals surface area contributed by atoms with Gasteiger partial charge in [-0.2, -0.15) is 0 Å². The fraction of sp³-hybridized carbons (Fsp3) is 0.733. The van der Waals surface area contributed by atoms with Crippen molar-refractivity contribution in [1.29, 1.82) is 0 Å². The van der Waals surface area contributed by atoms with Crippen molar-refractivity contribution in [1.82, 2.24) is 4.90 Å². The smallest absolute Gasteiger partial charge is 0.330 e. The topological polar surface area (TPSA) is 46.6 Å². The number of carbonyl (C=O) groups is 2. The molecule has 1 unspecified atom stereocenters. The summed E-state index contributed by atoms with van der Waals surface area (Å²) >= 11 is 0. The van der Waals surface area contributed by atoms with Crippen LogP contribution in [0.25, 0.3) is 0 Å². The maximum absolute atomic E-state index is 12.0. The molecule has 19 heavy (non-hydrogen) atoms. The highest BCUT2D eigenvalue weighted by molar-refractivity contribution is 5.82. The van der Waals surface area contributed by atoms with Gasteiger partial charge < -0.3 is 9.64 Å². The summed E-state index contributed by atoms with van der Waals surface area (Å²) in [4.78, 5) is 25.0. The Morgan fingerprint density at radius 2 is 2.21 bits per heavy atom. The fourth-order valence-corrected chi connectivity index (χ4v) is 2.38. The zero-order chi connectivity index (χ0) is 14.3. The van der Waals surface area contributed by atoms with E-state index in [4.69, 9.17) is 4.74 Å². The molecule has 0 aromatic rings. The van der Waals surface area contributed by atoms with Gasteiger partial charge in [0, 0.05) is 25.6 Å². The minimum Gasteiger partial charge on any atom is -0.463 e. The van der Waals surface area contributed by atoms with Gasteiger partial charge in [-0.05, 0) is 31.6 Å². The predicted octanol–water partition coefficient (Wildman–Crippen LogP) is 2.39. The molecule has 1 aliphatic rings. The fourth-order valence-electron chi connectivity index (χ4n) is 2.38. The second kappa shape index (κ2) is 7.97. The van der Waals surface area contributed by atoms with Gasteiger partial charge >= 0.3 is 5.97 Å². The van der Waals surface area contributed by atoms with Crippen molar-refractivity contribution < 1.29 is 14.3 Å². The van der Waals surface area contributed by atoms with Crippen LogP contribution < -0.4 is 0 Å². The van der Waals surface area contributed by atoms with Crippen molar-refractivity contribution in [2.45, 2.75) is 40.0 Å². The Hall–Kier alpha value is -1.32. The molecular formula is C15H25NO3. The van der Waals surface area contributed by atoms with Gasteiger partial charge in [-0.15, -0.1) is 0 Å². The second-order valence-electron chi connectivity index (χ2n) is 5.33. The molecular weight excluding hydrogens is 242 g/mol. The molecule has 108 valence electrons. The third kappa shape index (κ3) is 5.45. The lowest BCUT2D eigenvalue weighted by Crippen LogP contribution is -2.30. The van der Waals surface area contributed by atoms with E-state index in [1.807, 2.05) is 4.90 Å². The van der Waals surface area contributed by atoms with E-state index in [2.05, 4.69) is 13.8 Å². The third-order valence-corrected chi connectivity index (χ3v) is 3.66. The summed E-state index contributed by atoms with van der Waals surface area (Å²) in [5.74, 6) is 1.10. The van der Waals surface area contributed by atoms with E-state index in [9.17, 15) is 9.59 Å². The van der Waals surface area contributed by atoms with Crippen LogP contribution in [0.2, 0.25) is 0 Å². The molecule has 1 atom stereocenters. The van der Waals surface area contributed by atoms with Crippen LogP contribution in [-0.2, 0) is 14.3 Å². The number of carbonyl (C=O) groups excluding carboxylic acids is 2. The number of hydrogen-bond donors (Lipinski definition) is 0. The van der Waals surface area contributed by atoms with Crippen LogP contribution in [0.4, 0.5) is 0 Å². The number of amides is 1. The van der Waals surface area contributed by atoms with Crippen molar-refractivity contribution in [2.24, 2.45) is 11.8 Å². The minimum atomic E-state index is -0.343. The van der Waals surface area contributed by atoms with Gasteiger partial charge in [-0.3, -0.25) is 4.79 Å². The van der Waals surface area contributed by atoms with Crippen LogP contribution in [0, 0.1) is 11.8 Å². The number of likely N-dealkylation sites (tertiary alicyclic amines) is 1. The highest BCUT2D eigenvalue weighted by atomic mass is 16.5. The van der Waals surface area contributed by atoms with Gasteiger partial charge in [0.05, 0.1) is 6.61 Å². The summed E-state index contributed by atoms with van der Waals surface area (Å²) in [6.07, 6.45) is 5.77. The lowest BCUT2D eigenvalue weighted by atomic mass is 9.89. The molecule has 1 saturated heterocycles. The summed E-state index contributed by atoms with van der Waals surface area (Å²) in [5, 5.41) is 0. The molecule has 1 fully saturated rings. The van der Waals surface area contributed by atoms with Crippen LogP contribution >= 0.6 is 0 Å². The number of hydrogen-bond acceptors (Lipinski definition) is 3. The van der Waals surface area contributed by atoms with Crippen molar-refractivity contribution in [3.05, 3.63) is 12.2 Å². The molecule has 0 aromatic carbocycles. The molecule has 1 rings (SSSR count). The molecule has 0 spiro atoms. The largest absolute Gasteiger partial charge is 0.463 e. The Balaban J connectivity index is 2.45. The van der Waals surface area contributed by atoms with Gasteiger partial charge in [-0.25, -0.2) is 4.79 Å². The van der Waals surface area contributed by atoms with Crippen molar-refractivity contribution >= 4 is 11.9 Å². The molecule has 4 nitrogen and oxygen atoms in total. The first kappa shape index (κ1) is 15.7. The maximum atomic E-state index is 12.0. The number of nitrogens with zero attached hydrogens (tertiary/aromatic N) is 1. The van der Waals surface area contributed by atoms with E-state index < -0.39 is 0 Å². The zero-order valence-corrected chi connectivity index (χ0v) is 12.2. The summed E-state index contributed by atoms with van der Waals surface area (Å²) in [6, 6.07) is 0. The molecule has 0 saturated carbocycles. The van der Waals surface area contributed by atoms with Crippen LogP contribution in [0.3, 0.4) is 0 Å². The first-order valence-electron chi connectivity index (χ1n) is 7.15. The van der Waals surface area contributed by atoms with Gasteiger partial charge in [0.25, 0.3) is 0 Å². The Labute approximate surface area is 115 Å². The lowest BCUT2D eigenvalue weighted by molar-refractivity contribution is -0.137. The number of ether oxygens (including phenoxy) is 1. The molecule has 1 amide bonds. The van der Waals surface area contributed by atoms with Crippen molar-refractivity contribution in [3.63, 3.8) is 0 Å². The molecule has 1 aliphatic heterocycles. The molecule has 1 heterocycles. The normalized spacial score (nSPS) is 20.9. The van der Waals surface area contributed by atoms with Gasteiger partial charge in [0.2, 0.25) is 5.91 Å². The standard InChI is InChI=1S/C15H25NO3/c1-4-19-15(18)6-5-10-16-11-9-13(12(2)3)7-8-14(16)17/h5-6,12-13H,4,7-11H2,1-3H3/b6-5+. The van der Waals surface area contributed by atoms with Crippen molar-refractivity contribution in [3.8, 4) is 0 Å². The maximum Gasteiger partial charge on any atom is 0.330 e. The third-order valence-electron chi connectivity index (χ3n) is 3.66. The van der Waals surface area contributed by atoms with E-state index in [-0.39, 0.29) is 11.9 Å². The Bertz CT molecular complexity index is 336. The van der Waals surface area contributed by atoms with E-state index in [1.165, 1.54) is 6.08 Å². The predicted molar refractivity (Wildman–Crippen MR) is 74.5 cm³/mol. The zero-order valence-electron chi connectivity index (χ0n) is 12.2.